The molecular formula is C13H12Cl2N2. The summed E-state index contributed by atoms with van der Waals surface area (Å²) in [6, 6.07) is 5.71. The van der Waals surface area contributed by atoms with Gasteiger partial charge >= 0.3 is 0 Å². The van der Waals surface area contributed by atoms with E-state index in [1.54, 1.807) is 0 Å². The van der Waals surface area contributed by atoms with Gasteiger partial charge in [0.05, 0.1) is 0 Å². The van der Waals surface area contributed by atoms with Crippen molar-refractivity contribution in [2.24, 2.45) is 0 Å². The molecule has 0 bridgehead atoms. The Morgan fingerprint density at radius 3 is 1.88 bits per heavy atom. The highest BCUT2D eigenvalue weighted by molar-refractivity contribution is 6.33. The summed E-state index contributed by atoms with van der Waals surface area (Å²) in [6.07, 6.45) is 0. The van der Waals surface area contributed by atoms with Crippen LogP contribution in [0.15, 0.2) is 18.2 Å². The molecule has 0 radical (unpaired) electrons. The van der Waals surface area contributed by atoms with Crippen LogP contribution < -0.4 is 0 Å². The normalized spacial score (nSPS) is 10.6. The minimum Gasteiger partial charge on any atom is -0.216 e. The average molecular weight is 267 g/mol. The van der Waals surface area contributed by atoms with Gasteiger partial charge in [0.1, 0.15) is 10.3 Å². The summed E-state index contributed by atoms with van der Waals surface area (Å²) in [6.45, 7) is 6.17. The zero-order valence-corrected chi connectivity index (χ0v) is 11.4. The monoisotopic (exact) mass is 266 g/mol. The van der Waals surface area contributed by atoms with Crippen molar-refractivity contribution in [1.82, 2.24) is 9.97 Å². The first-order valence-electron chi connectivity index (χ1n) is 5.25. The van der Waals surface area contributed by atoms with Crippen molar-refractivity contribution in [3.8, 4) is 11.4 Å². The molecule has 0 atom stereocenters. The Morgan fingerprint density at radius 1 is 0.765 bits per heavy atom. The number of aryl methyl sites for hydroxylation is 3. The summed E-state index contributed by atoms with van der Waals surface area (Å²) < 4.78 is 0. The van der Waals surface area contributed by atoms with Crippen LogP contribution in [-0.4, -0.2) is 9.97 Å². The summed E-state index contributed by atoms with van der Waals surface area (Å²) in [5.74, 6) is 0.572. The van der Waals surface area contributed by atoms with Crippen LogP contribution in [-0.2, 0) is 0 Å². The van der Waals surface area contributed by atoms with E-state index in [1.165, 1.54) is 17.2 Å². The van der Waals surface area contributed by atoms with Gasteiger partial charge in [-0.2, -0.15) is 0 Å². The molecule has 2 aromatic rings. The lowest BCUT2D eigenvalue weighted by molar-refractivity contribution is 1.16. The van der Waals surface area contributed by atoms with E-state index in [0.717, 1.165) is 11.1 Å². The maximum Gasteiger partial charge on any atom is 0.162 e. The Bertz CT molecular complexity index is 560. The van der Waals surface area contributed by atoms with Gasteiger partial charge in [-0.05, 0) is 43.5 Å². The van der Waals surface area contributed by atoms with E-state index in [9.17, 15) is 0 Å². The molecule has 0 aliphatic carbocycles. The molecule has 0 N–H and O–H groups in total. The Balaban J connectivity index is 2.64. The van der Waals surface area contributed by atoms with Crippen LogP contribution in [0.2, 0.25) is 10.3 Å². The van der Waals surface area contributed by atoms with Crippen LogP contribution in [0.1, 0.15) is 16.7 Å². The molecule has 0 saturated carbocycles. The largest absolute Gasteiger partial charge is 0.216 e. The lowest BCUT2D eigenvalue weighted by Crippen LogP contribution is -1.94. The van der Waals surface area contributed by atoms with Crippen molar-refractivity contribution < 1.29 is 0 Å². The van der Waals surface area contributed by atoms with Crippen LogP contribution in [0, 0.1) is 20.8 Å². The molecule has 88 valence electrons. The lowest BCUT2D eigenvalue weighted by atomic mass is 10.0. The molecule has 2 nitrogen and oxygen atoms in total. The van der Waals surface area contributed by atoms with E-state index < -0.39 is 0 Å². The molecule has 1 aromatic heterocycles. The van der Waals surface area contributed by atoms with Gasteiger partial charge < -0.3 is 0 Å². The zero-order valence-electron chi connectivity index (χ0n) is 9.88. The SMILES string of the molecule is Cc1cc(C)c(-c2nc(Cl)cc(Cl)n2)cc1C. The lowest BCUT2D eigenvalue weighted by Gasteiger charge is -2.09. The highest BCUT2D eigenvalue weighted by Crippen LogP contribution is 2.25. The average Bonchev–Trinajstić information content (AvgIpc) is 2.22. The smallest absolute Gasteiger partial charge is 0.162 e. The molecule has 4 heteroatoms. The number of benzene rings is 1. The van der Waals surface area contributed by atoms with Crippen molar-refractivity contribution in [2.45, 2.75) is 20.8 Å². The van der Waals surface area contributed by atoms with E-state index in [2.05, 4.69) is 35.9 Å². The molecule has 0 amide bonds. The molecule has 0 saturated heterocycles. The van der Waals surface area contributed by atoms with E-state index in [4.69, 9.17) is 23.2 Å². The molecule has 0 aliphatic rings. The van der Waals surface area contributed by atoms with Crippen molar-refractivity contribution >= 4 is 23.2 Å². The second kappa shape index (κ2) is 4.63. The van der Waals surface area contributed by atoms with Crippen molar-refractivity contribution in [3.05, 3.63) is 45.2 Å². The summed E-state index contributed by atoms with van der Waals surface area (Å²) in [5, 5.41) is 0.718. The third-order valence-electron chi connectivity index (χ3n) is 2.75. The topological polar surface area (TPSA) is 25.8 Å². The van der Waals surface area contributed by atoms with Gasteiger partial charge in [-0.15, -0.1) is 0 Å². The summed E-state index contributed by atoms with van der Waals surface area (Å²) >= 11 is 11.8. The number of hydrogen-bond acceptors (Lipinski definition) is 2. The molecule has 1 heterocycles. The second-order valence-corrected chi connectivity index (χ2v) is 4.86. The molecule has 0 spiro atoms. The van der Waals surface area contributed by atoms with Crippen LogP contribution in [0.3, 0.4) is 0 Å². The first-order chi connectivity index (χ1) is 7.97. The highest BCUT2D eigenvalue weighted by Gasteiger charge is 2.09. The van der Waals surface area contributed by atoms with E-state index in [0.29, 0.717) is 16.1 Å². The first-order valence-corrected chi connectivity index (χ1v) is 6.01. The van der Waals surface area contributed by atoms with Gasteiger partial charge in [-0.3, -0.25) is 0 Å². The Morgan fingerprint density at radius 2 is 1.29 bits per heavy atom. The molecule has 1 aromatic carbocycles. The summed E-state index contributed by atoms with van der Waals surface area (Å²) in [5.41, 5.74) is 4.54. The number of halogens is 2. The van der Waals surface area contributed by atoms with Gasteiger partial charge in [-0.1, -0.05) is 29.3 Å². The molecule has 2 rings (SSSR count). The fourth-order valence-electron chi connectivity index (χ4n) is 1.71. The third-order valence-corrected chi connectivity index (χ3v) is 3.13. The van der Waals surface area contributed by atoms with E-state index >= 15 is 0 Å². The number of hydrogen-bond donors (Lipinski definition) is 0. The minimum atomic E-state index is 0.359. The van der Waals surface area contributed by atoms with Gasteiger partial charge in [0.15, 0.2) is 5.82 Å². The third kappa shape index (κ3) is 2.59. The molecule has 0 aliphatic heterocycles. The number of nitrogens with zero attached hydrogens (tertiary/aromatic N) is 2. The van der Waals surface area contributed by atoms with E-state index in [1.807, 2.05) is 6.92 Å². The number of aromatic nitrogens is 2. The minimum absolute atomic E-state index is 0.359. The van der Waals surface area contributed by atoms with Crippen LogP contribution in [0.25, 0.3) is 11.4 Å². The highest BCUT2D eigenvalue weighted by atomic mass is 35.5. The molecule has 17 heavy (non-hydrogen) atoms. The first kappa shape index (κ1) is 12.3. The van der Waals surface area contributed by atoms with E-state index in [-0.39, 0.29) is 0 Å². The fourth-order valence-corrected chi connectivity index (χ4v) is 2.13. The maximum absolute atomic E-state index is 5.89. The van der Waals surface area contributed by atoms with Crippen molar-refractivity contribution in [2.75, 3.05) is 0 Å². The van der Waals surface area contributed by atoms with Crippen molar-refractivity contribution in [1.29, 1.82) is 0 Å². The number of rotatable bonds is 1. The Kier molecular flexibility index (Phi) is 3.36. The van der Waals surface area contributed by atoms with Crippen molar-refractivity contribution in [3.63, 3.8) is 0 Å². The predicted octanol–water partition coefficient (Wildman–Crippen LogP) is 4.38. The standard InChI is InChI=1S/C13H12Cl2N2/c1-7-4-9(3)10(5-8(7)2)13-16-11(14)6-12(15)17-13/h4-6H,1-3H3. The van der Waals surface area contributed by atoms with Crippen LogP contribution >= 0.6 is 23.2 Å². The predicted molar refractivity (Wildman–Crippen MR) is 71.7 cm³/mol. The maximum atomic E-state index is 5.89. The Hall–Kier alpha value is -1.12. The van der Waals surface area contributed by atoms with Gasteiger partial charge in [0, 0.05) is 11.6 Å². The van der Waals surface area contributed by atoms with Crippen LogP contribution in [0.5, 0.6) is 0 Å². The summed E-state index contributed by atoms with van der Waals surface area (Å²) in [7, 11) is 0. The fraction of sp³-hybridized carbons (Fsp3) is 0.231. The quantitative estimate of drug-likeness (QED) is 0.717. The van der Waals surface area contributed by atoms with Gasteiger partial charge in [-0.25, -0.2) is 9.97 Å². The van der Waals surface area contributed by atoms with Crippen LogP contribution in [0.4, 0.5) is 0 Å². The molecule has 0 fully saturated rings. The summed E-state index contributed by atoms with van der Waals surface area (Å²) in [4.78, 5) is 8.41. The van der Waals surface area contributed by atoms with Gasteiger partial charge in [0.25, 0.3) is 0 Å². The molecular weight excluding hydrogens is 255 g/mol. The second-order valence-electron chi connectivity index (χ2n) is 4.09. The Labute approximate surface area is 111 Å². The van der Waals surface area contributed by atoms with Gasteiger partial charge in [0.2, 0.25) is 0 Å². The zero-order chi connectivity index (χ0) is 12.6. The molecule has 0 unspecified atom stereocenters.